The molecule has 0 spiro atoms. The van der Waals surface area contributed by atoms with Crippen LogP contribution in [0.4, 0.5) is 0 Å². The number of benzene rings is 2. The molecule has 0 aliphatic carbocycles. The highest BCUT2D eigenvalue weighted by molar-refractivity contribution is 5.92. The standard InChI is InChI=1S/C22H23N3O4/c1-14(21(27)28)11-18(24-20(26)19-13-23-22(29)25-19)12-15-7-9-17(10-8-15)16-5-3-2-4-6-16/h2-10,13-14,18H,11-12H2,1H3,(H,24,26)(H,27,28)(H2,23,25,29)/t14-,18+/m1/s1. The van der Waals surface area contributed by atoms with Crippen LogP contribution >= 0.6 is 0 Å². The van der Waals surface area contributed by atoms with Crippen molar-refractivity contribution in [3.05, 3.63) is 82.5 Å². The molecule has 7 heteroatoms. The summed E-state index contributed by atoms with van der Waals surface area (Å²) in [5, 5.41) is 12.1. The Bertz CT molecular complexity index is 1020. The van der Waals surface area contributed by atoms with Crippen LogP contribution in [0.3, 0.4) is 0 Å². The molecule has 0 bridgehead atoms. The molecular weight excluding hydrogens is 370 g/mol. The number of hydrogen-bond acceptors (Lipinski definition) is 3. The minimum atomic E-state index is -0.918. The second-order valence-electron chi connectivity index (χ2n) is 7.07. The average Bonchev–Trinajstić information content (AvgIpc) is 3.15. The van der Waals surface area contributed by atoms with E-state index in [1.165, 1.54) is 6.20 Å². The summed E-state index contributed by atoms with van der Waals surface area (Å²) in [6.07, 6.45) is 2.05. The van der Waals surface area contributed by atoms with Crippen LogP contribution in [-0.4, -0.2) is 33.0 Å². The van der Waals surface area contributed by atoms with Gasteiger partial charge in [0.25, 0.3) is 5.91 Å². The van der Waals surface area contributed by atoms with Crippen LogP contribution in [0.5, 0.6) is 0 Å². The summed E-state index contributed by atoms with van der Waals surface area (Å²) in [5.41, 5.74) is 2.82. The van der Waals surface area contributed by atoms with E-state index >= 15 is 0 Å². The molecule has 3 rings (SSSR count). The summed E-state index contributed by atoms with van der Waals surface area (Å²) in [6, 6.07) is 17.6. The molecule has 0 aliphatic heterocycles. The first-order valence-electron chi connectivity index (χ1n) is 9.38. The number of carbonyl (C=O) groups excluding carboxylic acids is 1. The minimum absolute atomic E-state index is 0.113. The zero-order chi connectivity index (χ0) is 20.8. The molecule has 3 aromatic rings. The number of carbonyl (C=O) groups is 2. The van der Waals surface area contributed by atoms with Crippen LogP contribution in [0, 0.1) is 5.92 Å². The van der Waals surface area contributed by atoms with E-state index < -0.39 is 29.5 Å². The molecule has 1 aromatic heterocycles. The average molecular weight is 393 g/mol. The van der Waals surface area contributed by atoms with Gasteiger partial charge in [-0.3, -0.25) is 9.59 Å². The molecule has 1 heterocycles. The van der Waals surface area contributed by atoms with Crippen molar-refractivity contribution in [3.8, 4) is 11.1 Å². The summed E-state index contributed by atoms with van der Waals surface area (Å²) in [6.45, 7) is 1.61. The Morgan fingerprint density at radius 1 is 1.03 bits per heavy atom. The van der Waals surface area contributed by atoms with E-state index in [2.05, 4.69) is 15.3 Å². The van der Waals surface area contributed by atoms with Gasteiger partial charge in [-0.25, -0.2) is 4.79 Å². The maximum absolute atomic E-state index is 12.4. The molecule has 0 aliphatic rings. The molecule has 4 N–H and O–H groups in total. The number of H-pyrrole nitrogens is 2. The number of amides is 1. The summed E-state index contributed by atoms with van der Waals surface area (Å²) in [7, 11) is 0. The van der Waals surface area contributed by atoms with Gasteiger partial charge in [-0.1, -0.05) is 61.5 Å². The van der Waals surface area contributed by atoms with Gasteiger partial charge in [-0.15, -0.1) is 0 Å². The molecule has 0 saturated heterocycles. The fraction of sp³-hybridized carbons (Fsp3) is 0.227. The summed E-state index contributed by atoms with van der Waals surface area (Å²) < 4.78 is 0. The quantitative estimate of drug-likeness (QED) is 0.471. The molecule has 29 heavy (non-hydrogen) atoms. The van der Waals surface area contributed by atoms with Crippen molar-refractivity contribution in [2.24, 2.45) is 5.92 Å². The molecule has 2 aromatic carbocycles. The number of imidazole rings is 1. The summed E-state index contributed by atoms with van der Waals surface area (Å²) >= 11 is 0. The van der Waals surface area contributed by atoms with E-state index in [1.807, 2.05) is 54.6 Å². The smallest absolute Gasteiger partial charge is 0.323 e. The van der Waals surface area contributed by atoms with Gasteiger partial charge in [0, 0.05) is 12.2 Å². The Labute approximate surface area is 167 Å². The lowest BCUT2D eigenvalue weighted by Crippen LogP contribution is -2.39. The van der Waals surface area contributed by atoms with Gasteiger partial charge < -0.3 is 20.4 Å². The first-order chi connectivity index (χ1) is 13.9. The molecule has 0 fully saturated rings. The summed E-state index contributed by atoms with van der Waals surface area (Å²) in [4.78, 5) is 39.7. The van der Waals surface area contributed by atoms with E-state index in [0.717, 1.165) is 16.7 Å². The number of hydrogen-bond donors (Lipinski definition) is 4. The van der Waals surface area contributed by atoms with Gasteiger partial charge in [0.1, 0.15) is 5.69 Å². The van der Waals surface area contributed by atoms with Gasteiger partial charge in [-0.05, 0) is 29.5 Å². The predicted octanol–water partition coefficient (Wildman–Crippen LogP) is 2.82. The zero-order valence-electron chi connectivity index (χ0n) is 16.0. The Hall–Kier alpha value is -3.61. The van der Waals surface area contributed by atoms with E-state index in [9.17, 15) is 19.5 Å². The van der Waals surface area contributed by atoms with Crippen LogP contribution in [0.2, 0.25) is 0 Å². The number of nitrogens with one attached hydrogen (secondary N) is 3. The van der Waals surface area contributed by atoms with Crippen LogP contribution < -0.4 is 11.0 Å². The number of aliphatic carboxylic acids is 1. The largest absolute Gasteiger partial charge is 0.481 e. The summed E-state index contributed by atoms with van der Waals surface area (Å²) in [5.74, 6) is -1.99. The first kappa shape index (κ1) is 20.1. The molecule has 150 valence electrons. The van der Waals surface area contributed by atoms with Crippen molar-refractivity contribution in [2.45, 2.75) is 25.8 Å². The van der Waals surface area contributed by atoms with Gasteiger partial charge in [-0.2, -0.15) is 0 Å². The Kier molecular flexibility index (Phi) is 6.29. The lowest BCUT2D eigenvalue weighted by Gasteiger charge is -2.21. The third kappa shape index (κ3) is 5.44. The minimum Gasteiger partial charge on any atom is -0.481 e. The third-order valence-corrected chi connectivity index (χ3v) is 4.78. The maximum Gasteiger partial charge on any atom is 0.323 e. The highest BCUT2D eigenvalue weighted by Gasteiger charge is 2.21. The molecule has 7 nitrogen and oxygen atoms in total. The lowest BCUT2D eigenvalue weighted by molar-refractivity contribution is -0.141. The maximum atomic E-state index is 12.4. The Morgan fingerprint density at radius 3 is 2.28 bits per heavy atom. The van der Waals surface area contributed by atoms with Crippen LogP contribution in [-0.2, 0) is 11.2 Å². The van der Waals surface area contributed by atoms with E-state index in [4.69, 9.17) is 0 Å². The highest BCUT2D eigenvalue weighted by atomic mass is 16.4. The Balaban J connectivity index is 1.74. The monoisotopic (exact) mass is 393 g/mol. The molecule has 0 radical (unpaired) electrons. The molecule has 1 amide bonds. The van der Waals surface area contributed by atoms with Crippen molar-refractivity contribution in [3.63, 3.8) is 0 Å². The first-order valence-corrected chi connectivity index (χ1v) is 9.38. The van der Waals surface area contributed by atoms with E-state index in [-0.39, 0.29) is 12.1 Å². The molecular formula is C22H23N3O4. The number of rotatable bonds is 8. The van der Waals surface area contributed by atoms with Crippen molar-refractivity contribution >= 4 is 11.9 Å². The van der Waals surface area contributed by atoms with Gasteiger partial charge >= 0.3 is 11.7 Å². The number of carboxylic acids is 1. The van der Waals surface area contributed by atoms with Gasteiger partial charge in [0.05, 0.1) is 5.92 Å². The molecule has 0 unspecified atom stereocenters. The SMILES string of the molecule is C[C@H](C[C@@H](Cc1ccc(-c2ccccc2)cc1)NC(=O)c1c[nH]c(=O)[nH]1)C(=O)O. The van der Waals surface area contributed by atoms with E-state index in [1.54, 1.807) is 6.92 Å². The van der Waals surface area contributed by atoms with Crippen LogP contribution in [0.15, 0.2) is 65.6 Å². The van der Waals surface area contributed by atoms with Crippen molar-refractivity contribution < 1.29 is 14.7 Å². The topological polar surface area (TPSA) is 115 Å². The number of aromatic nitrogens is 2. The van der Waals surface area contributed by atoms with Crippen LogP contribution in [0.25, 0.3) is 11.1 Å². The number of carboxylic acid groups (broad SMARTS) is 1. The fourth-order valence-electron chi connectivity index (χ4n) is 3.19. The molecule has 0 saturated carbocycles. The highest BCUT2D eigenvalue weighted by Crippen LogP contribution is 2.20. The van der Waals surface area contributed by atoms with Crippen LogP contribution in [0.1, 0.15) is 29.4 Å². The second kappa shape index (κ2) is 9.05. The normalized spacial score (nSPS) is 12.9. The van der Waals surface area contributed by atoms with Crippen molar-refractivity contribution in [2.75, 3.05) is 0 Å². The third-order valence-electron chi connectivity index (χ3n) is 4.78. The predicted molar refractivity (Wildman–Crippen MR) is 110 cm³/mol. The zero-order valence-corrected chi connectivity index (χ0v) is 16.0. The fourth-order valence-corrected chi connectivity index (χ4v) is 3.19. The van der Waals surface area contributed by atoms with Gasteiger partial charge in [0.2, 0.25) is 0 Å². The number of aromatic amines is 2. The lowest BCUT2D eigenvalue weighted by atomic mass is 9.95. The Morgan fingerprint density at radius 2 is 1.69 bits per heavy atom. The second-order valence-corrected chi connectivity index (χ2v) is 7.07. The van der Waals surface area contributed by atoms with Crippen molar-refractivity contribution in [1.82, 2.24) is 15.3 Å². The van der Waals surface area contributed by atoms with E-state index in [0.29, 0.717) is 6.42 Å². The van der Waals surface area contributed by atoms with Crippen molar-refractivity contribution in [1.29, 1.82) is 0 Å². The van der Waals surface area contributed by atoms with Gasteiger partial charge in [0.15, 0.2) is 0 Å². The molecule has 2 atom stereocenters.